The van der Waals surface area contributed by atoms with Crippen molar-refractivity contribution in [3.63, 3.8) is 0 Å². The second-order valence-electron chi connectivity index (χ2n) is 7.10. The van der Waals surface area contributed by atoms with E-state index in [1.165, 1.54) is 36.4 Å². The Bertz CT molecular complexity index is 1540. The molecule has 0 atom stereocenters. The Morgan fingerprint density at radius 1 is 0.588 bits per heavy atom. The maximum atomic E-state index is 13.0. The molecule has 0 aliphatic heterocycles. The van der Waals surface area contributed by atoms with Gasteiger partial charge < -0.3 is 4.74 Å². The Morgan fingerprint density at radius 2 is 1.21 bits per heavy atom. The van der Waals surface area contributed by atoms with E-state index >= 15 is 0 Å². The number of rotatable bonds is 7. The number of anilines is 1. The first-order valence-electron chi connectivity index (χ1n) is 9.81. The highest BCUT2D eigenvalue weighted by molar-refractivity contribution is 7.93. The molecule has 4 rings (SSSR count). The summed E-state index contributed by atoms with van der Waals surface area (Å²) in [5.41, 5.74) is 0.290. The first kappa shape index (κ1) is 24.1. The summed E-state index contributed by atoms with van der Waals surface area (Å²) in [7, 11) is -8.09. The zero-order valence-corrected chi connectivity index (χ0v) is 20.5. The zero-order valence-electron chi connectivity index (χ0n) is 17.4. The van der Waals surface area contributed by atoms with Crippen molar-refractivity contribution in [3.05, 3.63) is 107 Å². The van der Waals surface area contributed by atoms with Crippen LogP contribution in [0.1, 0.15) is 0 Å². The quantitative estimate of drug-likeness (QED) is 0.296. The minimum Gasteiger partial charge on any atom is -0.457 e. The van der Waals surface area contributed by atoms with Gasteiger partial charge in [-0.1, -0.05) is 47.5 Å². The molecule has 0 fully saturated rings. The van der Waals surface area contributed by atoms with Gasteiger partial charge in [-0.15, -0.1) is 0 Å². The number of sulfone groups is 1. The van der Waals surface area contributed by atoms with E-state index in [2.05, 4.69) is 4.72 Å². The van der Waals surface area contributed by atoms with Crippen LogP contribution in [0.2, 0.25) is 10.0 Å². The van der Waals surface area contributed by atoms with Crippen molar-refractivity contribution in [2.45, 2.75) is 14.7 Å². The molecule has 10 heteroatoms. The highest BCUT2D eigenvalue weighted by Gasteiger charge is 2.22. The number of halogens is 2. The molecular weight excluding hydrogens is 517 g/mol. The number of sulfonamides is 1. The predicted octanol–water partition coefficient (Wildman–Crippen LogP) is 6.42. The summed E-state index contributed by atoms with van der Waals surface area (Å²) in [5.74, 6) is 1.18. The fraction of sp³-hybridized carbons (Fsp3) is 0. The molecule has 0 saturated carbocycles. The number of ether oxygens (including phenoxy) is 1. The lowest BCUT2D eigenvalue weighted by atomic mass is 10.3. The molecule has 0 bridgehead atoms. The molecule has 0 aromatic heterocycles. The molecule has 4 aromatic rings. The van der Waals surface area contributed by atoms with Gasteiger partial charge in [-0.05, 0) is 72.8 Å². The predicted molar refractivity (Wildman–Crippen MR) is 132 cm³/mol. The lowest BCUT2D eigenvalue weighted by Crippen LogP contribution is -2.13. The molecule has 1 N–H and O–H groups in total. The van der Waals surface area contributed by atoms with Gasteiger partial charge in [-0.3, -0.25) is 4.72 Å². The average molecular weight is 534 g/mol. The summed E-state index contributed by atoms with van der Waals surface area (Å²) in [5, 5.41) is 0.286. The smallest absolute Gasteiger partial charge is 0.261 e. The lowest BCUT2D eigenvalue weighted by Gasteiger charge is -2.11. The summed E-state index contributed by atoms with van der Waals surface area (Å²) in [6, 6.07) is 24.5. The fourth-order valence-corrected chi connectivity index (χ4v) is 5.89. The van der Waals surface area contributed by atoms with Gasteiger partial charge in [0.2, 0.25) is 9.84 Å². The normalized spacial score (nSPS) is 11.7. The van der Waals surface area contributed by atoms with Gasteiger partial charge in [0, 0.05) is 5.69 Å². The van der Waals surface area contributed by atoms with Crippen molar-refractivity contribution in [1.82, 2.24) is 0 Å². The molecule has 0 saturated heterocycles. The monoisotopic (exact) mass is 533 g/mol. The Labute approximate surface area is 207 Å². The van der Waals surface area contributed by atoms with E-state index in [0.717, 1.165) is 6.07 Å². The van der Waals surface area contributed by atoms with Gasteiger partial charge >= 0.3 is 0 Å². The molecule has 0 amide bonds. The summed E-state index contributed by atoms with van der Waals surface area (Å²) >= 11 is 11.8. The third-order valence-electron chi connectivity index (χ3n) is 4.71. The van der Waals surface area contributed by atoms with E-state index in [1.807, 2.05) is 18.2 Å². The van der Waals surface area contributed by atoms with Crippen LogP contribution in [0.15, 0.2) is 112 Å². The number of benzene rings is 4. The Morgan fingerprint density at radius 3 is 1.88 bits per heavy atom. The average Bonchev–Trinajstić information content (AvgIpc) is 2.82. The van der Waals surface area contributed by atoms with Crippen LogP contribution in [0.25, 0.3) is 0 Å². The van der Waals surface area contributed by atoms with Crippen LogP contribution >= 0.6 is 23.2 Å². The molecule has 6 nitrogen and oxygen atoms in total. The van der Waals surface area contributed by atoms with Gasteiger partial charge in [0.05, 0.1) is 24.7 Å². The number of hydrogen-bond donors (Lipinski definition) is 1. The van der Waals surface area contributed by atoms with Crippen molar-refractivity contribution < 1.29 is 21.6 Å². The highest BCUT2D eigenvalue weighted by atomic mass is 35.5. The minimum atomic E-state index is -4.07. The van der Waals surface area contributed by atoms with Gasteiger partial charge in [0.15, 0.2) is 0 Å². The minimum absolute atomic E-state index is 0.0767. The largest absolute Gasteiger partial charge is 0.457 e. The summed E-state index contributed by atoms with van der Waals surface area (Å²) < 4.78 is 60.0. The van der Waals surface area contributed by atoms with Crippen molar-refractivity contribution in [1.29, 1.82) is 0 Å². The zero-order chi connectivity index (χ0) is 24.3. The van der Waals surface area contributed by atoms with Crippen LogP contribution in [-0.2, 0) is 19.9 Å². The molecule has 34 heavy (non-hydrogen) atoms. The van der Waals surface area contributed by atoms with Crippen LogP contribution < -0.4 is 9.46 Å². The molecule has 0 radical (unpaired) electrons. The molecular formula is C24H17Cl2NO5S2. The van der Waals surface area contributed by atoms with E-state index in [1.54, 1.807) is 36.4 Å². The van der Waals surface area contributed by atoms with E-state index in [0.29, 0.717) is 11.5 Å². The van der Waals surface area contributed by atoms with Crippen LogP contribution in [0, 0.1) is 0 Å². The highest BCUT2D eigenvalue weighted by Crippen LogP contribution is 2.30. The molecule has 4 aromatic carbocycles. The molecule has 0 unspecified atom stereocenters. The molecule has 0 aliphatic carbocycles. The summed E-state index contributed by atoms with van der Waals surface area (Å²) in [4.78, 5) is -0.503. The van der Waals surface area contributed by atoms with Crippen molar-refractivity contribution >= 4 is 48.7 Å². The van der Waals surface area contributed by atoms with Gasteiger partial charge in [0.25, 0.3) is 10.0 Å². The van der Waals surface area contributed by atoms with E-state index in [9.17, 15) is 16.8 Å². The number of hydrogen-bond acceptors (Lipinski definition) is 5. The standard InChI is InChI=1S/C24H17Cl2NO5S2/c25-23-14-13-21(16-24(23)26)33(28,29)20-7-4-8-22(15-20)34(30,31)27-17-9-11-19(12-10-17)32-18-5-2-1-3-6-18/h1-16,27H. The maximum Gasteiger partial charge on any atom is 0.261 e. The van der Waals surface area contributed by atoms with Crippen LogP contribution in [0.5, 0.6) is 11.5 Å². The lowest BCUT2D eigenvalue weighted by molar-refractivity contribution is 0.483. The Kier molecular flexibility index (Phi) is 6.86. The van der Waals surface area contributed by atoms with Crippen LogP contribution in [-0.4, -0.2) is 16.8 Å². The van der Waals surface area contributed by atoms with Gasteiger partial charge in [-0.25, -0.2) is 16.8 Å². The van der Waals surface area contributed by atoms with Crippen molar-refractivity contribution in [3.8, 4) is 11.5 Å². The van der Waals surface area contributed by atoms with Crippen molar-refractivity contribution in [2.24, 2.45) is 0 Å². The van der Waals surface area contributed by atoms with E-state index in [4.69, 9.17) is 27.9 Å². The number of nitrogens with one attached hydrogen (secondary N) is 1. The van der Waals surface area contributed by atoms with Crippen LogP contribution in [0.4, 0.5) is 5.69 Å². The van der Waals surface area contributed by atoms with Crippen LogP contribution in [0.3, 0.4) is 0 Å². The first-order chi connectivity index (χ1) is 16.1. The second kappa shape index (κ2) is 9.68. The second-order valence-corrected chi connectivity index (χ2v) is 11.5. The number of para-hydroxylation sites is 1. The van der Waals surface area contributed by atoms with E-state index in [-0.39, 0.29) is 30.4 Å². The van der Waals surface area contributed by atoms with E-state index < -0.39 is 19.9 Å². The Balaban J connectivity index is 1.56. The molecule has 0 aliphatic rings. The van der Waals surface area contributed by atoms with Gasteiger partial charge in [-0.2, -0.15) is 0 Å². The summed E-state index contributed by atoms with van der Waals surface area (Å²) in [6.07, 6.45) is 0. The molecule has 0 spiro atoms. The molecule has 0 heterocycles. The fourth-order valence-electron chi connectivity index (χ4n) is 3.02. The first-order valence-corrected chi connectivity index (χ1v) is 13.5. The Hall–Kier alpha value is -3.04. The molecule has 174 valence electrons. The SMILES string of the molecule is O=S(=O)(Nc1ccc(Oc2ccccc2)cc1)c1cccc(S(=O)(=O)c2ccc(Cl)c(Cl)c2)c1. The topological polar surface area (TPSA) is 89.5 Å². The van der Waals surface area contributed by atoms with Crippen molar-refractivity contribution in [2.75, 3.05) is 4.72 Å². The van der Waals surface area contributed by atoms with Gasteiger partial charge in [0.1, 0.15) is 11.5 Å². The third-order valence-corrected chi connectivity index (χ3v) is 8.58. The maximum absolute atomic E-state index is 13.0. The third kappa shape index (κ3) is 5.37. The summed E-state index contributed by atoms with van der Waals surface area (Å²) in [6.45, 7) is 0.